The number of nitrogens with one attached hydrogen (secondary N) is 2. The van der Waals surface area contributed by atoms with E-state index in [1.165, 1.54) is 29.9 Å². The number of likely N-dealkylation sites (tertiary alicyclic amines) is 1. The molecular weight excluding hydrogens is 458 g/mol. The van der Waals surface area contributed by atoms with Crippen LogP contribution in [0.3, 0.4) is 0 Å². The summed E-state index contributed by atoms with van der Waals surface area (Å²) in [5, 5.41) is 5.08. The highest BCUT2D eigenvalue weighted by Crippen LogP contribution is 2.22. The largest absolute Gasteiger partial charge is 0.353 e. The van der Waals surface area contributed by atoms with Gasteiger partial charge in [0.15, 0.2) is 0 Å². The lowest BCUT2D eigenvalue weighted by atomic mass is 9.93. The minimum atomic E-state index is -3.66. The van der Waals surface area contributed by atoms with E-state index < -0.39 is 10.0 Å². The zero-order chi connectivity index (χ0) is 23.3. The Morgan fingerprint density at radius 2 is 1.76 bits per heavy atom. The fourth-order valence-corrected chi connectivity index (χ4v) is 6.31. The topological polar surface area (TPSA) is 95.6 Å². The molecule has 2 aliphatic rings. The number of sulfonamides is 1. The number of hydrogen-bond acceptors (Lipinski definition) is 5. The van der Waals surface area contributed by atoms with Crippen LogP contribution in [0.15, 0.2) is 46.7 Å². The lowest BCUT2D eigenvalue weighted by Crippen LogP contribution is -2.47. The lowest BCUT2D eigenvalue weighted by molar-refractivity contribution is -0.127. The molecule has 1 aromatic carbocycles. The Morgan fingerprint density at radius 3 is 2.45 bits per heavy atom. The normalized spacial score (nSPS) is 19.9. The van der Waals surface area contributed by atoms with Crippen LogP contribution in [0.5, 0.6) is 0 Å². The second-order valence-electron chi connectivity index (χ2n) is 8.86. The van der Waals surface area contributed by atoms with Gasteiger partial charge in [-0.05, 0) is 61.4 Å². The maximum absolute atomic E-state index is 13.0. The molecule has 1 saturated heterocycles. The fraction of sp³-hybridized carbons (Fsp3) is 0.500. The minimum Gasteiger partial charge on any atom is -0.353 e. The van der Waals surface area contributed by atoms with Crippen LogP contribution in [0.1, 0.15) is 60.2 Å². The van der Waals surface area contributed by atoms with Gasteiger partial charge in [-0.25, -0.2) is 13.1 Å². The second kappa shape index (κ2) is 10.8. The molecule has 0 bridgehead atoms. The predicted octanol–water partition coefficient (Wildman–Crippen LogP) is 3.53. The number of piperidine rings is 1. The van der Waals surface area contributed by atoms with Crippen LogP contribution >= 0.6 is 11.3 Å². The highest BCUT2D eigenvalue weighted by Gasteiger charge is 2.30. The third-order valence-electron chi connectivity index (χ3n) is 6.46. The molecule has 1 aliphatic carbocycles. The third kappa shape index (κ3) is 6.22. The molecule has 1 saturated carbocycles. The number of nitrogens with zero attached hydrogens (tertiary/aromatic N) is 1. The van der Waals surface area contributed by atoms with Gasteiger partial charge in [-0.15, -0.1) is 11.3 Å². The molecule has 0 spiro atoms. The predicted molar refractivity (Wildman–Crippen MR) is 128 cm³/mol. The zero-order valence-electron chi connectivity index (χ0n) is 18.7. The van der Waals surface area contributed by atoms with Crippen LogP contribution in [0.2, 0.25) is 0 Å². The first-order valence-electron chi connectivity index (χ1n) is 11.6. The van der Waals surface area contributed by atoms with Gasteiger partial charge in [0.25, 0.3) is 5.91 Å². The molecule has 1 atom stereocenters. The molecule has 4 rings (SSSR count). The average molecular weight is 490 g/mol. The fourth-order valence-electron chi connectivity index (χ4n) is 4.56. The van der Waals surface area contributed by atoms with Gasteiger partial charge in [0, 0.05) is 36.1 Å². The molecule has 178 valence electrons. The van der Waals surface area contributed by atoms with Crippen molar-refractivity contribution < 1.29 is 18.0 Å². The molecule has 7 nitrogen and oxygen atoms in total. The van der Waals surface area contributed by atoms with E-state index in [0.717, 1.165) is 43.4 Å². The highest BCUT2D eigenvalue weighted by molar-refractivity contribution is 7.89. The maximum Gasteiger partial charge on any atom is 0.253 e. The maximum atomic E-state index is 13.0. The van der Waals surface area contributed by atoms with Gasteiger partial charge >= 0.3 is 0 Å². The van der Waals surface area contributed by atoms with Gasteiger partial charge in [0.2, 0.25) is 15.9 Å². The summed E-state index contributed by atoms with van der Waals surface area (Å²) >= 11 is 1.49. The van der Waals surface area contributed by atoms with Gasteiger partial charge in [-0.3, -0.25) is 9.59 Å². The van der Waals surface area contributed by atoms with Crippen LogP contribution in [0, 0.1) is 5.92 Å². The van der Waals surface area contributed by atoms with Crippen molar-refractivity contribution in [2.24, 2.45) is 5.92 Å². The van der Waals surface area contributed by atoms with Crippen molar-refractivity contribution in [3.05, 3.63) is 52.2 Å². The molecule has 2 fully saturated rings. The third-order valence-corrected chi connectivity index (χ3v) is 8.75. The summed E-state index contributed by atoms with van der Waals surface area (Å²) in [6.07, 6.45) is 7.22. The Balaban J connectivity index is 1.34. The summed E-state index contributed by atoms with van der Waals surface area (Å²) in [5.74, 6) is -0.302. The quantitative estimate of drug-likeness (QED) is 0.622. The summed E-state index contributed by atoms with van der Waals surface area (Å²) in [6, 6.07) is 10.0. The van der Waals surface area contributed by atoms with Crippen molar-refractivity contribution in [2.45, 2.75) is 62.4 Å². The number of thiophene rings is 1. The van der Waals surface area contributed by atoms with Gasteiger partial charge in [-0.2, -0.15) is 0 Å². The SMILES string of the molecule is O=C(NC1CCCCC1)C1CCCN(C(=O)c2ccc(S(=O)(=O)NCc3cccs3)cc2)C1. The van der Waals surface area contributed by atoms with Crippen molar-refractivity contribution in [3.8, 4) is 0 Å². The van der Waals surface area contributed by atoms with Crippen molar-refractivity contribution >= 4 is 33.2 Å². The lowest BCUT2D eigenvalue weighted by Gasteiger charge is -2.33. The van der Waals surface area contributed by atoms with E-state index >= 15 is 0 Å². The molecule has 1 unspecified atom stereocenters. The summed E-state index contributed by atoms with van der Waals surface area (Å²) in [5.41, 5.74) is 0.431. The summed E-state index contributed by atoms with van der Waals surface area (Å²) in [4.78, 5) is 28.5. The molecule has 2 aromatic rings. The number of carbonyl (C=O) groups is 2. The number of amides is 2. The molecule has 2 N–H and O–H groups in total. The Kier molecular flexibility index (Phi) is 7.82. The van der Waals surface area contributed by atoms with E-state index in [1.807, 2.05) is 17.5 Å². The van der Waals surface area contributed by atoms with Crippen LogP contribution < -0.4 is 10.0 Å². The first kappa shape index (κ1) is 23.9. The zero-order valence-corrected chi connectivity index (χ0v) is 20.3. The molecule has 1 aliphatic heterocycles. The van der Waals surface area contributed by atoms with Crippen LogP contribution in [0.4, 0.5) is 0 Å². The molecule has 0 radical (unpaired) electrons. The summed E-state index contributed by atoms with van der Waals surface area (Å²) in [6.45, 7) is 1.24. The van der Waals surface area contributed by atoms with Crippen molar-refractivity contribution in [1.29, 1.82) is 0 Å². The van der Waals surface area contributed by atoms with Gasteiger partial charge in [-0.1, -0.05) is 25.3 Å². The van der Waals surface area contributed by atoms with Crippen LogP contribution in [0.25, 0.3) is 0 Å². The highest BCUT2D eigenvalue weighted by atomic mass is 32.2. The molecule has 33 heavy (non-hydrogen) atoms. The van der Waals surface area contributed by atoms with Crippen molar-refractivity contribution in [3.63, 3.8) is 0 Å². The average Bonchev–Trinajstić information content (AvgIpc) is 3.37. The second-order valence-corrected chi connectivity index (χ2v) is 11.7. The first-order valence-corrected chi connectivity index (χ1v) is 14.0. The van der Waals surface area contributed by atoms with E-state index in [1.54, 1.807) is 17.0 Å². The standard InChI is InChI=1S/C24H31N3O4S2/c28-23(26-20-7-2-1-3-8-20)19-6-4-14-27(17-19)24(29)18-10-12-22(13-11-18)33(30,31)25-16-21-9-5-15-32-21/h5,9-13,15,19-20,25H,1-4,6-8,14,16-17H2,(H,26,28). The Morgan fingerprint density at radius 1 is 1.00 bits per heavy atom. The summed E-state index contributed by atoms with van der Waals surface area (Å²) in [7, 11) is -3.66. The number of hydrogen-bond donors (Lipinski definition) is 2. The van der Waals surface area contributed by atoms with E-state index in [0.29, 0.717) is 18.7 Å². The van der Waals surface area contributed by atoms with E-state index in [2.05, 4.69) is 10.0 Å². The Bertz CT molecular complexity index is 1050. The van der Waals surface area contributed by atoms with Gasteiger partial charge in [0.05, 0.1) is 10.8 Å². The summed E-state index contributed by atoms with van der Waals surface area (Å²) < 4.78 is 27.7. The molecule has 2 amide bonds. The van der Waals surface area contributed by atoms with Crippen molar-refractivity contribution in [2.75, 3.05) is 13.1 Å². The Labute approximate surface area is 199 Å². The van der Waals surface area contributed by atoms with Gasteiger partial charge in [0.1, 0.15) is 0 Å². The molecule has 1 aromatic heterocycles. The number of benzene rings is 1. The number of rotatable bonds is 7. The van der Waals surface area contributed by atoms with Gasteiger partial charge < -0.3 is 10.2 Å². The van der Waals surface area contributed by atoms with E-state index in [-0.39, 0.29) is 35.2 Å². The smallest absolute Gasteiger partial charge is 0.253 e. The molecular formula is C24H31N3O4S2. The number of carbonyl (C=O) groups excluding carboxylic acids is 2. The molecule has 9 heteroatoms. The van der Waals surface area contributed by atoms with E-state index in [4.69, 9.17) is 0 Å². The van der Waals surface area contributed by atoms with Crippen molar-refractivity contribution in [1.82, 2.24) is 14.9 Å². The monoisotopic (exact) mass is 489 g/mol. The van der Waals surface area contributed by atoms with E-state index in [9.17, 15) is 18.0 Å². The van der Waals surface area contributed by atoms with Crippen LogP contribution in [-0.4, -0.2) is 44.3 Å². The minimum absolute atomic E-state index is 0.0534. The Hall–Kier alpha value is -2.23. The molecule has 2 heterocycles. The van der Waals surface area contributed by atoms with Crippen LogP contribution in [-0.2, 0) is 21.4 Å². The first-order chi connectivity index (χ1) is 15.9.